The van der Waals surface area contributed by atoms with Crippen LogP contribution >= 0.6 is 11.6 Å². The van der Waals surface area contributed by atoms with E-state index in [0.29, 0.717) is 40.5 Å². The first-order valence-corrected chi connectivity index (χ1v) is 10.6. The summed E-state index contributed by atoms with van der Waals surface area (Å²) in [5.41, 5.74) is 5.69. The van der Waals surface area contributed by atoms with Gasteiger partial charge in [0.1, 0.15) is 11.6 Å². The molecule has 0 unspecified atom stereocenters. The summed E-state index contributed by atoms with van der Waals surface area (Å²) in [6.07, 6.45) is 2.10. The van der Waals surface area contributed by atoms with Gasteiger partial charge in [0.15, 0.2) is 5.76 Å². The maximum absolute atomic E-state index is 13.1. The van der Waals surface area contributed by atoms with Crippen molar-refractivity contribution < 1.29 is 18.4 Å². The average molecular weight is 454 g/mol. The van der Waals surface area contributed by atoms with Crippen molar-refractivity contribution in [2.45, 2.75) is 32.7 Å². The summed E-state index contributed by atoms with van der Waals surface area (Å²) in [7, 11) is 0. The van der Waals surface area contributed by atoms with Gasteiger partial charge < -0.3 is 9.73 Å². The lowest BCUT2D eigenvalue weighted by atomic mass is 9.93. The van der Waals surface area contributed by atoms with Crippen LogP contribution in [-0.2, 0) is 13.0 Å². The molecule has 0 fully saturated rings. The largest absolute Gasteiger partial charge is 0.455 e. The zero-order valence-corrected chi connectivity index (χ0v) is 18.1. The SMILES string of the molecule is Cc1c(C(=O)NCc2ccccc2Cl)oc2c1/C(=N/NC(=O)c1ccc(F)cc1)CCC2. The van der Waals surface area contributed by atoms with Crippen molar-refractivity contribution in [3.05, 3.63) is 93.1 Å². The van der Waals surface area contributed by atoms with Gasteiger partial charge >= 0.3 is 0 Å². The Balaban J connectivity index is 1.51. The number of furan rings is 1. The average Bonchev–Trinajstić information content (AvgIpc) is 3.14. The van der Waals surface area contributed by atoms with Crippen molar-refractivity contribution in [2.75, 3.05) is 0 Å². The maximum Gasteiger partial charge on any atom is 0.287 e. The quantitative estimate of drug-likeness (QED) is 0.545. The highest BCUT2D eigenvalue weighted by Crippen LogP contribution is 2.30. The van der Waals surface area contributed by atoms with Gasteiger partial charge in [-0.05, 0) is 55.7 Å². The molecule has 8 heteroatoms. The molecule has 6 nitrogen and oxygen atoms in total. The third-order valence-electron chi connectivity index (χ3n) is 5.33. The summed E-state index contributed by atoms with van der Waals surface area (Å²) < 4.78 is 18.9. The molecule has 0 aliphatic heterocycles. The van der Waals surface area contributed by atoms with Crippen LogP contribution in [0.15, 0.2) is 58.0 Å². The van der Waals surface area contributed by atoms with Gasteiger partial charge in [0, 0.05) is 34.7 Å². The van der Waals surface area contributed by atoms with Crippen LogP contribution in [0.25, 0.3) is 0 Å². The van der Waals surface area contributed by atoms with Crippen molar-refractivity contribution in [3.63, 3.8) is 0 Å². The van der Waals surface area contributed by atoms with Crippen LogP contribution < -0.4 is 10.7 Å². The molecular formula is C24H21ClFN3O3. The van der Waals surface area contributed by atoms with Gasteiger partial charge in [-0.25, -0.2) is 9.82 Å². The summed E-state index contributed by atoms with van der Waals surface area (Å²) in [4.78, 5) is 25.1. The van der Waals surface area contributed by atoms with Gasteiger partial charge in [-0.15, -0.1) is 0 Å². The van der Waals surface area contributed by atoms with E-state index in [9.17, 15) is 14.0 Å². The Morgan fingerprint density at radius 2 is 1.84 bits per heavy atom. The molecule has 3 aromatic rings. The molecular weight excluding hydrogens is 433 g/mol. The number of aryl methyl sites for hydroxylation is 1. The van der Waals surface area contributed by atoms with Crippen molar-refractivity contribution in [3.8, 4) is 0 Å². The molecule has 0 saturated heterocycles. The minimum atomic E-state index is -0.441. The van der Waals surface area contributed by atoms with Crippen LogP contribution in [0.1, 0.15) is 56.2 Å². The molecule has 1 aliphatic rings. The van der Waals surface area contributed by atoms with E-state index in [1.54, 1.807) is 13.0 Å². The summed E-state index contributed by atoms with van der Waals surface area (Å²) in [6.45, 7) is 2.08. The van der Waals surface area contributed by atoms with Crippen molar-refractivity contribution in [2.24, 2.45) is 5.10 Å². The second-order valence-corrected chi connectivity index (χ2v) is 7.90. The lowest BCUT2D eigenvalue weighted by molar-refractivity contribution is 0.0919. The Labute approximate surface area is 189 Å². The van der Waals surface area contributed by atoms with E-state index in [1.165, 1.54) is 24.3 Å². The molecule has 0 spiro atoms. The number of hydrogen-bond donors (Lipinski definition) is 2. The Bertz CT molecular complexity index is 1200. The third-order valence-corrected chi connectivity index (χ3v) is 5.70. The molecule has 164 valence electrons. The summed E-state index contributed by atoms with van der Waals surface area (Å²) in [5, 5.41) is 7.69. The predicted molar refractivity (Wildman–Crippen MR) is 119 cm³/mol. The monoisotopic (exact) mass is 453 g/mol. The molecule has 1 aliphatic carbocycles. The van der Waals surface area contributed by atoms with Gasteiger partial charge in [0.25, 0.3) is 11.8 Å². The molecule has 2 N–H and O–H groups in total. The first kappa shape index (κ1) is 21.8. The Hall–Kier alpha value is -3.45. The van der Waals surface area contributed by atoms with Crippen LogP contribution in [0.2, 0.25) is 5.02 Å². The maximum atomic E-state index is 13.1. The van der Waals surface area contributed by atoms with Gasteiger partial charge in [0.2, 0.25) is 0 Å². The number of fused-ring (bicyclic) bond motifs is 1. The zero-order chi connectivity index (χ0) is 22.7. The molecule has 1 heterocycles. The number of rotatable bonds is 5. The van der Waals surface area contributed by atoms with E-state index >= 15 is 0 Å². The summed E-state index contributed by atoms with van der Waals surface area (Å²) >= 11 is 6.16. The van der Waals surface area contributed by atoms with E-state index in [-0.39, 0.29) is 18.2 Å². The minimum absolute atomic E-state index is 0.224. The van der Waals surface area contributed by atoms with Crippen LogP contribution in [0.3, 0.4) is 0 Å². The number of hydrazone groups is 1. The third kappa shape index (κ3) is 4.57. The lowest BCUT2D eigenvalue weighted by Crippen LogP contribution is -2.23. The smallest absolute Gasteiger partial charge is 0.287 e. The van der Waals surface area contributed by atoms with Crippen LogP contribution in [-0.4, -0.2) is 17.5 Å². The zero-order valence-electron chi connectivity index (χ0n) is 17.4. The van der Waals surface area contributed by atoms with Crippen molar-refractivity contribution in [1.82, 2.24) is 10.7 Å². The molecule has 0 saturated carbocycles. The van der Waals surface area contributed by atoms with Gasteiger partial charge in [-0.1, -0.05) is 29.8 Å². The Morgan fingerprint density at radius 1 is 1.09 bits per heavy atom. The molecule has 2 amide bonds. The van der Waals surface area contributed by atoms with Crippen LogP contribution in [0.5, 0.6) is 0 Å². The fourth-order valence-electron chi connectivity index (χ4n) is 3.68. The number of amides is 2. The van der Waals surface area contributed by atoms with Crippen LogP contribution in [0, 0.1) is 12.7 Å². The molecule has 1 aromatic heterocycles. The molecule has 0 bridgehead atoms. The lowest BCUT2D eigenvalue weighted by Gasteiger charge is -2.13. The Morgan fingerprint density at radius 3 is 2.59 bits per heavy atom. The van der Waals surface area contributed by atoms with Gasteiger partial charge in [-0.2, -0.15) is 5.10 Å². The van der Waals surface area contributed by atoms with Crippen molar-refractivity contribution in [1.29, 1.82) is 0 Å². The van der Waals surface area contributed by atoms with Crippen LogP contribution in [0.4, 0.5) is 4.39 Å². The topological polar surface area (TPSA) is 83.7 Å². The van der Waals surface area contributed by atoms with E-state index in [0.717, 1.165) is 17.5 Å². The molecule has 0 radical (unpaired) electrons. The highest BCUT2D eigenvalue weighted by Gasteiger charge is 2.28. The number of nitrogens with zero attached hydrogens (tertiary/aromatic N) is 1. The molecule has 4 rings (SSSR count). The summed E-state index contributed by atoms with van der Waals surface area (Å²) in [6, 6.07) is 12.5. The number of hydrogen-bond acceptors (Lipinski definition) is 4. The number of benzene rings is 2. The van der Waals surface area contributed by atoms with Gasteiger partial charge in [0.05, 0.1) is 5.71 Å². The van der Waals surface area contributed by atoms with E-state index in [1.807, 2.05) is 18.2 Å². The minimum Gasteiger partial charge on any atom is -0.455 e. The standard InChI is InChI=1S/C24H21ClFN3O3/c1-14-21-19(28-29-23(30)15-9-11-17(26)12-10-15)7-4-8-20(21)32-22(14)24(31)27-13-16-5-2-3-6-18(16)25/h2-3,5-6,9-12H,4,7-8,13H2,1H3,(H,27,31)(H,29,30)/b28-19+. The number of carbonyl (C=O) groups is 2. The van der Waals surface area contributed by atoms with Gasteiger partial charge in [-0.3, -0.25) is 9.59 Å². The van der Waals surface area contributed by atoms with E-state index < -0.39 is 11.7 Å². The summed E-state index contributed by atoms with van der Waals surface area (Å²) in [5.74, 6) is -0.304. The fourth-order valence-corrected chi connectivity index (χ4v) is 3.88. The second kappa shape index (κ2) is 9.36. The Kier molecular flexibility index (Phi) is 6.37. The fraction of sp³-hybridized carbons (Fsp3) is 0.208. The number of nitrogens with one attached hydrogen (secondary N) is 2. The number of carbonyl (C=O) groups excluding carboxylic acids is 2. The molecule has 0 atom stereocenters. The highest BCUT2D eigenvalue weighted by atomic mass is 35.5. The van der Waals surface area contributed by atoms with Crippen molar-refractivity contribution >= 4 is 29.1 Å². The van der Waals surface area contributed by atoms with E-state index in [2.05, 4.69) is 15.8 Å². The second-order valence-electron chi connectivity index (χ2n) is 7.49. The normalized spacial score (nSPS) is 14.2. The first-order chi connectivity index (χ1) is 15.4. The highest BCUT2D eigenvalue weighted by molar-refractivity contribution is 6.31. The first-order valence-electron chi connectivity index (χ1n) is 10.2. The predicted octanol–water partition coefficient (Wildman–Crippen LogP) is 4.78. The number of halogens is 2. The molecule has 32 heavy (non-hydrogen) atoms. The molecule has 2 aromatic carbocycles. The van der Waals surface area contributed by atoms with E-state index in [4.69, 9.17) is 16.0 Å².